The highest BCUT2D eigenvalue weighted by molar-refractivity contribution is 7.88. The molecule has 0 aliphatic rings. The number of hydrogen-bond acceptors (Lipinski definition) is 4. The van der Waals surface area contributed by atoms with Gasteiger partial charge in [-0.2, -0.15) is 0 Å². The summed E-state index contributed by atoms with van der Waals surface area (Å²) in [7, 11) is -3.53. The molecule has 2 N–H and O–H groups in total. The number of benzene rings is 2. The van der Waals surface area contributed by atoms with Crippen LogP contribution in [0.5, 0.6) is 0 Å². The SMILES string of the molecule is CC(=O)c1cccc(NC(=O)C[C@@H](NS(C)(=O)=O)c2ccc(Cl)cc2)c1. The Morgan fingerprint density at radius 2 is 1.77 bits per heavy atom. The van der Waals surface area contributed by atoms with E-state index in [0.29, 0.717) is 21.8 Å². The maximum absolute atomic E-state index is 12.4. The molecule has 8 heteroatoms. The maximum Gasteiger partial charge on any atom is 0.226 e. The van der Waals surface area contributed by atoms with E-state index in [2.05, 4.69) is 10.0 Å². The average molecular weight is 395 g/mol. The Hall–Kier alpha value is -2.22. The van der Waals surface area contributed by atoms with Crippen molar-refractivity contribution in [2.75, 3.05) is 11.6 Å². The Bertz CT molecular complexity index is 911. The Labute approximate surface area is 157 Å². The van der Waals surface area contributed by atoms with Crippen molar-refractivity contribution in [1.82, 2.24) is 4.72 Å². The molecule has 0 aliphatic carbocycles. The number of ketones is 1. The van der Waals surface area contributed by atoms with Gasteiger partial charge in [0.2, 0.25) is 15.9 Å². The van der Waals surface area contributed by atoms with Crippen LogP contribution in [0.1, 0.15) is 35.3 Å². The molecule has 1 amide bonds. The summed E-state index contributed by atoms with van der Waals surface area (Å²) in [5.41, 5.74) is 1.57. The summed E-state index contributed by atoms with van der Waals surface area (Å²) in [4.78, 5) is 23.8. The average Bonchev–Trinajstić information content (AvgIpc) is 2.53. The molecule has 0 saturated carbocycles. The summed E-state index contributed by atoms with van der Waals surface area (Å²) in [5.74, 6) is -0.499. The normalized spacial score (nSPS) is 12.4. The lowest BCUT2D eigenvalue weighted by Gasteiger charge is -2.18. The van der Waals surface area contributed by atoms with Crippen molar-refractivity contribution in [2.45, 2.75) is 19.4 Å². The highest BCUT2D eigenvalue weighted by Crippen LogP contribution is 2.21. The Morgan fingerprint density at radius 1 is 1.12 bits per heavy atom. The van der Waals surface area contributed by atoms with E-state index >= 15 is 0 Å². The van der Waals surface area contributed by atoms with Gasteiger partial charge in [0, 0.05) is 22.7 Å². The second-order valence-corrected chi connectivity index (χ2v) is 8.10. The van der Waals surface area contributed by atoms with Crippen LogP contribution in [0, 0.1) is 0 Å². The van der Waals surface area contributed by atoms with E-state index < -0.39 is 16.1 Å². The first kappa shape index (κ1) is 20.1. The van der Waals surface area contributed by atoms with Crippen LogP contribution in [0.3, 0.4) is 0 Å². The number of halogens is 1. The molecule has 2 rings (SSSR count). The Balaban J connectivity index is 2.16. The van der Waals surface area contributed by atoms with Gasteiger partial charge in [-0.05, 0) is 36.8 Å². The summed E-state index contributed by atoms with van der Waals surface area (Å²) < 4.78 is 25.7. The molecular weight excluding hydrogens is 376 g/mol. The number of sulfonamides is 1. The number of hydrogen-bond donors (Lipinski definition) is 2. The van der Waals surface area contributed by atoms with E-state index in [1.54, 1.807) is 48.5 Å². The van der Waals surface area contributed by atoms with Crippen LogP contribution in [0.25, 0.3) is 0 Å². The van der Waals surface area contributed by atoms with Gasteiger partial charge in [0.25, 0.3) is 0 Å². The number of Topliss-reactive ketones (excluding diaryl/α,β-unsaturated/α-hetero) is 1. The first-order chi connectivity index (χ1) is 12.1. The molecule has 0 saturated heterocycles. The summed E-state index contributed by atoms with van der Waals surface area (Å²) in [6.07, 6.45) is 0.920. The first-order valence-electron chi connectivity index (χ1n) is 7.77. The molecule has 0 bridgehead atoms. The van der Waals surface area contributed by atoms with Crippen molar-refractivity contribution in [3.05, 3.63) is 64.7 Å². The Kier molecular flexibility index (Phi) is 6.52. The fourth-order valence-corrected chi connectivity index (χ4v) is 3.26. The van der Waals surface area contributed by atoms with Crippen molar-refractivity contribution < 1.29 is 18.0 Å². The molecule has 0 heterocycles. The van der Waals surface area contributed by atoms with Crippen molar-refractivity contribution in [3.63, 3.8) is 0 Å². The predicted octanol–water partition coefficient (Wildman–Crippen LogP) is 3.16. The van der Waals surface area contributed by atoms with E-state index in [0.717, 1.165) is 6.26 Å². The minimum atomic E-state index is -3.53. The molecule has 2 aromatic carbocycles. The zero-order valence-corrected chi connectivity index (χ0v) is 15.9. The number of amides is 1. The van der Waals surface area contributed by atoms with E-state index in [4.69, 9.17) is 11.6 Å². The molecule has 1 atom stereocenters. The smallest absolute Gasteiger partial charge is 0.226 e. The highest BCUT2D eigenvalue weighted by Gasteiger charge is 2.20. The van der Waals surface area contributed by atoms with Gasteiger partial charge in [0.1, 0.15) is 0 Å². The maximum atomic E-state index is 12.4. The van der Waals surface area contributed by atoms with Gasteiger partial charge >= 0.3 is 0 Å². The Morgan fingerprint density at radius 3 is 2.35 bits per heavy atom. The molecule has 0 aromatic heterocycles. The van der Waals surface area contributed by atoms with E-state index in [1.807, 2.05) is 0 Å². The highest BCUT2D eigenvalue weighted by atomic mass is 35.5. The van der Waals surface area contributed by atoms with Crippen molar-refractivity contribution in [3.8, 4) is 0 Å². The van der Waals surface area contributed by atoms with Crippen molar-refractivity contribution in [2.24, 2.45) is 0 Å². The molecule has 0 unspecified atom stereocenters. The third kappa shape index (κ3) is 6.25. The molecule has 26 heavy (non-hydrogen) atoms. The van der Waals surface area contributed by atoms with E-state index in [-0.39, 0.29) is 18.1 Å². The van der Waals surface area contributed by atoms with Crippen LogP contribution in [-0.2, 0) is 14.8 Å². The molecule has 138 valence electrons. The number of carbonyl (C=O) groups is 2. The van der Waals surface area contributed by atoms with E-state index in [1.165, 1.54) is 6.92 Å². The van der Waals surface area contributed by atoms with Gasteiger partial charge in [-0.25, -0.2) is 13.1 Å². The van der Waals surface area contributed by atoms with E-state index in [9.17, 15) is 18.0 Å². The molecule has 0 aliphatic heterocycles. The molecule has 0 fully saturated rings. The lowest BCUT2D eigenvalue weighted by Crippen LogP contribution is -2.30. The van der Waals surface area contributed by atoms with Gasteiger partial charge in [-0.15, -0.1) is 0 Å². The third-order valence-corrected chi connectivity index (χ3v) is 4.54. The summed E-state index contributed by atoms with van der Waals surface area (Å²) in [5, 5.41) is 3.19. The largest absolute Gasteiger partial charge is 0.326 e. The predicted molar refractivity (Wildman–Crippen MR) is 102 cm³/mol. The second-order valence-electron chi connectivity index (χ2n) is 5.88. The van der Waals surface area contributed by atoms with Crippen LogP contribution < -0.4 is 10.0 Å². The number of nitrogens with one attached hydrogen (secondary N) is 2. The van der Waals surface area contributed by atoms with Crippen LogP contribution in [0.4, 0.5) is 5.69 Å². The molecular formula is C18H19ClN2O4S. The molecule has 6 nitrogen and oxygen atoms in total. The quantitative estimate of drug-likeness (QED) is 0.705. The molecule has 0 radical (unpaired) electrons. The lowest BCUT2D eigenvalue weighted by molar-refractivity contribution is -0.116. The fourth-order valence-electron chi connectivity index (χ4n) is 2.39. The summed E-state index contributed by atoms with van der Waals surface area (Å²) >= 11 is 5.86. The fraction of sp³-hybridized carbons (Fsp3) is 0.222. The van der Waals surface area contributed by atoms with Gasteiger partial charge in [-0.3, -0.25) is 9.59 Å². The monoisotopic (exact) mass is 394 g/mol. The second kappa shape index (κ2) is 8.44. The van der Waals surface area contributed by atoms with Gasteiger partial charge in [-0.1, -0.05) is 35.9 Å². The first-order valence-corrected chi connectivity index (χ1v) is 10.0. The van der Waals surface area contributed by atoms with Crippen molar-refractivity contribution >= 4 is 39.0 Å². The zero-order chi connectivity index (χ0) is 19.3. The molecule has 2 aromatic rings. The number of rotatable bonds is 7. The van der Waals surface area contributed by atoms with Crippen molar-refractivity contribution in [1.29, 1.82) is 0 Å². The standard InChI is InChI=1S/C18H19ClN2O4S/c1-12(22)14-4-3-5-16(10-14)20-18(23)11-17(21-26(2,24)25)13-6-8-15(19)9-7-13/h3-10,17,21H,11H2,1-2H3,(H,20,23)/t17-/m1/s1. The topological polar surface area (TPSA) is 92.3 Å². The van der Waals surface area contributed by atoms with Crippen LogP contribution in [-0.4, -0.2) is 26.4 Å². The van der Waals surface area contributed by atoms with Gasteiger partial charge < -0.3 is 5.32 Å². The number of anilines is 1. The summed E-state index contributed by atoms with van der Waals surface area (Å²) in [6, 6.07) is 12.4. The number of carbonyl (C=O) groups excluding carboxylic acids is 2. The van der Waals surface area contributed by atoms with Crippen LogP contribution in [0.2, 0.25) is 5.02 Å². The summed E-state index contributed by atoms with van der Waals surface area (Å²) in [6.45, 7) is 1.44. The van der Waals surface area contributed by atoms with Crippen LogP contribution in [0.15, 0.2) is 48.5 Å². The zero-order valence-electron chi connectivity index (χ0n) is 14.3. The van der Waals surface area contributed by atoms with Crippen LogP contribution >= 0.6 is 11.6 Å². The van der Waals surface area contributed by atoms with Gasteiger partial charge in [0.05, 0.1) is 12.3 Å². The molecule has 0 spiro atoms. The third-order valence-electron chi connectivity index (χ3n) is 3.57. The minimum absolute atomic E-state index is 0.112. The minimum Gasteiger partial charge on any atom is -0.326 e. The lowest BCUT2D eigenvalue weighted by atomic mass is 10.0. The van der Waals surface area contributed by atoms with Gasteiger partial charge in [0.15, 0.2) is 5.78 Å².